The van der Waals surface area contributed by atoms with Crippen molar-refractivity contribution in [2.45, 2.75) is 54.5 Å². The Morgan fingerprint density at radius 1 is 0.889 bits per heavy atom. The van der Waals surface area contributed by atoms with Gasteiger partial charge in [-0.1, -0.05) is 42.8 Å². The molecule has 3 aromatic carbocycles. The molecule has 0 spiro atoms. The van der Waals surface area contributed by atoms with Gasteiger partial charge >= 0.3 is 6.18 Å². The molecular weight excluding hydrogens is 485 g/mol. The molecule has 2 aliphatic heterocycles. The number of benzene rings is 3. The van der Waals surface area contributed by atoms with E-state index in [0.29, 0.717) is 25.3 Å². The highest BCUT2D eigenvalue weighted by Gasteiger charge is 2.33. The molecule has 36 heavy (non-hydrogen) atoms. The average molecular weight is 513 g/mol. The standard InChI is InChI=1S/C28H27F3N2O2S/c29-28(30,31)20-11-13-26-24(17-20)33(23-7-3-4-8-25(23)36-26)15-5-1-2-6-16-35-21-12-9-19-10-14-27(34)32-22(19)18-21/h3-4,7-9,11-13,17-18H,1-2,5-6,10,14-16H2,(H,32,34). The summed E-state index contributed by atoms with van der Waals surface area (Å²) >= 11 is 1.51. The maximum absolute atomic E-state index is 13.4. The first kappa shape index (κ1) is 24.6. The topological polar surface area (TPSA) is 41.6 Å². The number of fused-ring (bicyclic) bond motifs is 3. The summed E-state index contributed by atoms with van der Waals surface area (Å²) in [5.41, 5.74) is 2.92. The number of alkyl halides is 3. The van der Waals surface area contributed by atoms with Crippen LogP contribution in [0.2, 0.25) is 0 Å². The number of nitrogens with zero attached hydrogens (tertiary/aromatic N) is 1. The van der Waals surface area contributed by atoms with Gasteiger partial charge < -0.3 is 15.0 Å². The molecule has 2 aliphatic rings. The van der Waals surface area contributed by atoms with E-state index in [4.69, 9.17) is 4.74 Å². The van der Waals surface area contributed by atoms with Gasteiger partial charge in [0, 0.05) is 34.5 Å². The molecule has 1 N–H and O–H groups in total. The fourth-order valence-electron chi connectivity index (χ4n) is 4.60. The SMILES string of the molecule is O=C1CCc2ccc(OCCCCCCN3c4ccccc4Sc4ccc(C(F)(F)F)cc43)cc2N1. The normalized spacial score (nSPS) is 14.5. The van der Waals surface area contributed by atoms with Crippen LogP contribution in [0.1, 0.15) is 43.2 Å². The van der Waals surface area contributed by atoms with Crippen LogP contribution in [0.15, 0.2) is 70.5 Å². The van der Waals surface area contributed by atoms with Gasteiger partial charge in [-0.05, 0) is 61.2 Å². The number of ether oxygens (including phenoxy) is 1. The highest BCUT2D eigenvalue weighted by Crippen LogP contribution is 2.49. The highest BCUT2D eigenvalue weighted by atomic mass is 32.2. The highest BCUT2D eigenvalue weighted by molar-refractivity contribution is 7.99. The molecule has 0 atom stereocenters. The molecule has 2 heterocycles. The summed E-state index contributed by atoms with van der Waals surface area (Å²) in [5, 5.41) is 2.89. The number of aryl methyl sites for hydroxylation is 1. The Morgan fingerprint density at radius 3 is 2.56 bits per heavy atom. The maximum Gasteiger partial charge on any atom is 0.416 e. The van der Waals surface area contributed by atoms with E-state index in [2.05, 4.69) is 5.32 Å². The van der Waals surface area contributed by atoms with Crippen molar-refractivity contribution in [1.29, 1.82) is 0 Å². The van der Waals surface area contributed by atoms with Crippen molar-refractivity contribution in [1.82, 2.24) is 0 Å². The van der Waals surface area contributed by atoms with Gasteiger partial charge in [0.15, 0.2) is 0 Å². The van der Waals surface area contributed by atoms with Crippen molar-refractivity contribution < 1.29 is 22.7 Å². The maximum atomic E-state index is 13.4. The number of unbranched alkanes of at least 4 members (excludes halogenated alkanes) is 3. The molecule has 0 fully saturated rings. The predicted molar refractivity (Wildman–Crippen MR) is 136 cm³/mol. The zero-order valence-corrected chi connectivity index (χ0v) is 20.6. The summed E-state index contributed by atoms with van der Waals surface area (Å²) in [4.78, 5) is 15.5. The van der Waals surface area contributed by atoms with Crippen LogP contribution in [0.25, 0.3) is 0 Å². The summed E-state index contributed by atoms with van der Waals surface area (Å²) in [5.74, 6) is 0.780. The number of rotatable bonds is 8. The molecule has 0 unspecified atom stereocenters. The number of carbonyl (C=O) groups is 1. The third-order valence-electron chi connectivity index (χ3n) is 6.47. The molecular formula is C28H27F3N2O2S. The number of hydrogen-bond donors (Lipinski definition) is 1. The first-order chi connectivity index (χ1) is 17.4. The van der Waals surface area contributed by atoms with E-state index in [1.807, 2.05) is 47.4 Å². The van der Waals surface area contributed by atoms with Gasteiger partial charge in [-0.3, -0.25) is 4.79 Å². The van der Waals surface area contributed by atoms with Gasteiger partial charge in [0.25, 0.3) is 0 Å². The van der Waals surface area contributed by atoms with E-state index >= 15 is 0 Å². The fraction of sp³-hybridized carbons (Fsp3) is 0.321. The minimum absolute atomic E-state index is 0.0341. The van der Waals surface area contributed by atoms with Crippen molar-refractivity contribution in [2.75, 3.05) is 23.4 Å². The van der Waals surface area contributed by atoms with E-state index < -0.39 is 11.7 Å². The van der Waals surface area contributed by atoms with Crippen molar-refractivity contribution in [3.05, 3.63) is 71.8 Å². The lowest BCUT2D eigenvalue weighted by atomic mass is 10.0. The Morgan fingerprint density at radius 2 is 1.69 bits per heavy atom. The first-order valence-electron chi connectivity index (χ1n) is 12.2. The smallest absolute Gasteiger partial charge is 0.416 e. The zero-order valence-electron chi connectivity index (χ0n) is 19.7. The van der Waals surface area contributed by atoms with Crippen molar-refractivity contribution in [3.63, 3.8) is 0 Å². The number of amides is 1. The summed E-state index contributed by atoms with van der Waals surface area (Å²) in [6, 6.07) is 17.7. The van der Waals surface area contributed by atoms with E-state index in [0.717, 1.165) is 70.6 Å². The molecule has 4 nitrogen and oxygen atoms in total. The van der Waals surface area contributed by atoms with E-state index in [1.54, 1.807) is 6.07 Å². The second kappa shape index (κ2) is 10.5. The quantitative estimate of drug-likeness (QED) is 0.312. The van der Waals surface area contributed by atoms with Crippen molar-refractivity contribution >= 4 is 34.7 Å². The molecule has 8 heteroatoms. The van der Waals surface area contributed by atoms with E-state index in [-0.39, 0.29) is 5.91 Å². The Labute approximate surface area is 212 Å². The second-order valence-electron chi connectivity index (χ2n) is 9.03. The third kappa shape index (κ3) is 5.48. The monoisotopic (exact) mass is 512 g/mol. The van der Waals surface area contributed by atoms with Gasteiger partial charge in [-0.15, -0.1) is 0 Å². The van der Waals surface area contributed by atoms with Gasteiger partial charge in [0.1, 0.15) is 5.75 Å². The molecule has 1 amide bonds. The number of hydrogen-bond acceptors (Lipinski definition) is 4. The lowest BCUT2D eigenvalue weighted by Gasteiger charge is -2.33. The lowest BCUT2D eigenvalue weighted by Crippen LogP contribution is -2.22. The van der Waals surface area contributed by atoms with Gasteiger partial charge in [0.05, 0.1) is 23.5 Å². The van der Waals surface area contributed by atoms with Gasteiger partial charge in [-0.25, -0.2) is 0 Å². The van der Waals surface area contributed by atoms with Gasteiger partial charge in [-0.2, -0.15) is 13.2 Å². The summed E-state index contributed by atoms with van der Waals surface area (Å²) in [7, 11) is 0. The average Bonchev–Trinajstić information content (AvgIpc) is 2.86. The largest absolute Gasteiger partial charge is 0.494 e. The molecule has 5 rings (SSSR count). The summed E-state index contributed by atoms with van der Waals surface area (Å²) < 4.78 is 46.0. The summed E-state index contributed by atoms with van der Waals surface area (Å²) in [6.45, 7) is 1.23. The number of nitrogens with one attached hydrogen (secondary N) is 1. The van der Waals surface area contributed by atoms with Crippen LogP contribution in [0.3, 0.4) is 0 Å². The third-order valence-corrected chi connectivity index (χ3v) is 7.60. The number of carbonyl (C=O) groups excluding carboxylic acids is 1. The van der Waals surface area contributed by atoms with Crippen molar-refractivity contribution in [3.8, 4) is 5.75 Å². The summed E-state index contributed by atoms with van der Waals surface area (Å²) in [6.07, 6.45) is 0.551. The number of para-hydroxylation sites is 1. The Hall–Kier alpha value is -3.13. The van der Waals surface area contributed by atoms with E-state index in [9.17, 15) is 18.0 Å². The van der Waals surface area contributed by atoms with Crippen LogP contribution in [0, 0.1) is 0 Å². The Bertz CT molecular complexity index is 1260. The van der Waals surface area contributed by atoms with Crippen LogP contribution >= 0.6 is 11.8 Å². The Kier molecular flexibility index (Phi) is 7.14. The molecule has 0 aliphatic carbocycles. The fourth-order valence-corrected chi connectivity index (χ4v) is 5.68. The molecule has 0 saturated carbocycles. The molecule has 0 bridgehead atoms. The van der Waals surface area contributed by atoms with Crippen LogP contribution < -0.4 is 15.0 Å². The minimum atomic E-state index is -4.37. The molecule has 188 valence electrons. The first-order valence-corrected chi connectivity index (χ1v) is 13.0. The molecule has 0 radical (unpaired) electrons. The number of halogens is 3. The molecule has 0 aromatic heterocycles. The predicted octanol–water partition coefficient (Wildman–Crippen LogP) is 7.83. The van der Waals surface area contributed by atoms with Crippen LogP contribution in [-0.4, -0.2) is 19.1 Å². The van der Waals surface area contributed by atoms with Crippen molar-refractivity contribution in [2.24, 2.45) is 0 Å². The zero-order chi connectivity index (χ0) is 25.1. The molecule has 0 saturated heterocycles. The van der Waals surface area contributed by atoms with E-state index in [1.165, 1.54) is 17.8 Å². The number of anilines is 3. The molecule has 3 aromatic rings. The lowest BCUT2D eigenvalue weighted by molar-refractivity contribution is -0.137. The minimum Gasteiger partial charge on any atom is -0.494 e. The van der Waals surface area contributed by atoms with Crippen LogP contribution in [0.5, 0.6) is 5.75 Å². The second-order valence-corrected chi connectivity index (χ2v) is 10.1. The van der Waals surface area contributed by atoms with Gasteiger partial charge in [0.2, 0.25) is 5.91 Å². The Balaban J connectivity index is 1.14. The van der Waals surface area contributed by atoms with Crippen LogP contribution in [0.4, 0.5) is 30.2 Å². The van der Waals surface area contributed by atoms with Crippen LogP contribution in [-0.2, 0) is 17.4 Å².